The molecule has 0 saturated heterocycles. The van der Waals surface area contributed by atoms with Crippen LogP contribution in [0.3, 0.4) is 0 Å². The van der Waals surface area contributed by atoms with Gasteiger partial charge in [-0.1, -0.05) is 29.5 Å². The molecule has 1 unspecified atom stereocenters. The lowest BCUT2D eigenvalue weighted by Crippen LogP contribution is -2.46. The zero-order chi connectivity index (χ0) is 23.0. The van der Waals surface area contributed by atoms with E-state index in [4.69, 9.17) is 9.47 Å². The van der Waals surface area contributed by atoms with Gasteiger partial charge in [0.05, 0.1) is 21.7 Å². The standard InChI is InChI=1S/C23H19N3O5S2/c1-33(28,29)16-8-9-17-21(11-16)32-23(25-17)26(13-15-5-4-10-24-12-15)22(27)20-14-30-18-6-2-3-7-19(18)31-20/h2-12,20H,13-14H2,1H3. The molecule has 168 valence electrons. The molecule has 8 nitrogen and oxygen atoms in total. The van der Waals surface area contributed by atoms with Gasteiger partial charge in [0.1, 0.15) is 6.61 Å². The average molecular weight is 482 g/mol. The van der Waals surface area contributed by atoms with E-state index in [2.05, 4.69) is 9.97 Å². The first-order chi connectivity index (χ1) is 15.9. The molecule has 2 aromatic carbocycles. The maximum atomic E-state index is 13.6. The number of rotatable bonds is 5. The van der Waals surface area contributed by atoms with Gasteiger partial charge in [0.25, 0.3) is 5.91 Å². The fraction of sp³-hybridized carbons (Fsp3) is 0.174. The molecule has 0 spiro atoms. The first kappa shape index (κ1) is 21.4. The van der Waals surface area contributed by atoms with Gasteiger partial charge >= 0.3 is 0 Å². The number of aromatic nitrogens is 2. The van der Waals surface area contributed by atoms with Gasteiger partial charge in [-0.25, -0.2) is 13.4 Å². The second-order valence-corrected chi connectivity index (χ2v) is 10.6. The smallest absolute Gasteiger partial charge is 0.273 e. The fourth-order valence-electron chi connectivity index (χ4n) is 3.47. The molecule has 5 rings (SSSR count). The third kappa shape index (κ3) is 4.39. The summed E-state index contributed by atoms with van der Waals surface area (Å²) in [4.78, 5) is 24.1. The predicted octanol–water partition coefficient (Wildman–Crippen LogP) is 3.47. The summed E-state index contributed by atoms with van der Waals surface area (Å²) in [7, 11) is -3.36. The Morgan fingerprint density at radius 2 is 1.97 bits per heavy atom. The molecular weight excluding hydrogens is 462 g/mol. The summed E-state index contributed by atoms with van der Waals surface area (Å²) in [5.41, 5.74) is 1.43. The van der Waals surface area contributed by atoms with Crippen molar-refractivity contribution in [3.8, 4) is 11.5 Å². The van der Waals surface area contributed by atoms with Gasteiger partial charge in [-0.05, 0) is 42.0 Å². The van der Waals surface area contributed by atoms with E-state index in [9.17, 15) is 13.2 Å². The first-order valence-electron chi connectivity index (χ1n) is 10.1. The number of thiazole rings is 1. The van der Waals surface area contributed by atoms with E-state index in [0.717, 1.165) is 11.8 Å². The Morgan fingerprint density at radius 3 is 2.73 bits per heavy atom. The number of amides is 1. The highest BCUT2D eigenvalue weighted by atomic mass is 32.2. The number of fused-ring (bicyclic) bond motifs is 2. The Labute approximate surface area is 194 Å². The summed E-state index contributed by atoms with van der Waals surface area (Å²) in [6.07, 6.45) is 3.65. The van der Waals surface area contributed by atoms with Crippen molar-refractivity contribution in [3.05, 3.63) is 72.6 Å². The molecule has 2 aromatic heterocycles. The molecule has 1 aliphatic heterocycles. The van der Waals surface area contributed by atoms with Crippen molar-refractivity contribution in [1.82, 2.24) is 9.97 Å². The van der Waals surface area contributed by atoms with Crippen molar-refractivity contribution in [2.24, 2.45) is 0 Å². The zero-order valence-electron chi connectivity index (χ0n) is 17.5. The molecule has 0 bridgehead atoms. The van der Waals surface area contributed by atoms with Crippen molar-refractivity contribution in [3.63, 3.8) is 0 Å². The molecule has 4 aromatic rings. The summed E-state index contributed by atoms with van der Waals surface area (Å²) in [5.74, 6) is 0.787. The molecule has 0 N–H and O–H groups in total. The van der Waals surface area contributed by atoms with Crippen molar-refractivity contribution < 1.29 is 22.7 Å². The number of ether oxygens (including phenoxy) is 2. The minimum atomic E-state index is -3.36. The van der Waals surface area contributed by atoms with Gasteiger partial charge in [-0.15, -0.1) is 0 Å². The highest BCUT2D eigenvalue weighted by molar-refractivity contribution is 7.90. The lowest BCUT2D eigenvalue weighted by Gasteiger charge is -2.29. The van der Waals surface area contributed by atoms with Gasteiger partial charge < -0.3 is 9.47 Å². The quantitative estimate of drug-likeness (QED) is 0.430. The van der Waals surface area contributed by atoms with Crippen LogP contribution < -0.4 is 14.4 Å². The average Bonchev–Trinajstić information content (AvgIpc) is 3.25. The summed E-state index contributed by atoms with van der Waals surface area (Å²) in [6.45, 7) is 0.301. The van der Waals surface area contributed by atoms with E-state index in [0.29, 0.717) is 26.8 Å². The van der Waals surface area contributed by atoms with Gasteiger partial charge in [0.15, 0.2) is 26.5 Å². The lowest BCUT2D eigenvalue weighted by molar-refractivity contribution is -0.127. The van der Waals surface area contributed by atoms with E-state index in [1.165, 1.54) is 22.3 Å². The van der Waals surface area contributed by atoms with Crippen molar-refractivity contribution in [1.29, 1.82) is 0 Å². The SMILES string of the molecule is CS(=O)(=O)c1ccc2nc(N(Cc3cccnc3)C(=O)C3COc4ccccc4O3)sc2c1. The number of para-hydroxylation sites is 2. The minimum Gasteiger partial charge on any atom is -0.485 e. The van der Waals surface area contributed by atoms with E-state index < -0.39 is 15.9 Å². The number of sulfone groups is 1. The Balaban J connectivity index is 1.51. The van der Waals surface area contributed by atoms with Crippen LogP contribution in [0.5, 0.6) is 11.5 Å². The second-order valence-electron chi connectivity index (χ2n) is 7.55. The number of hydrogen-bond donors (Lipinski definition) is 0. The van der Waals surface area contributed by atoms with Crippen LogP contribution in [-0.4, -0.2) is 43.3 Å². The van der Waals surface area contributed by atoms with Gasteiger partial charge in [-0.3, -0.25) is 14.7 Å². The number of hydrogen-bond acceptors (Lipinski definition) is 8. The third-order valence-electron chi connectivity index (χ3n) is 5.12. The minimum absolute atomic E-state index is 0.0719. The molecule has 1 aliphatic rings. The van der Waals surface area contributed by atoms with Crippen LogP contribution in [0.25, 0.3) is 10.2 Å². The van der Waals surface area contributed by atoms with Gasteiger partial charge in [0.2, 0.25) is 6.10 Å². The van der Waals surface area contributed by atoms with E-state index >= 15 is 0 Å². The van der Waals surface area contributed by atoms with Crippen LogP contribution in [0.1, 0.15) is 5.56 Å². The number of carbonyl (C=O) groups is 1. The highest BCUT2D eigenvalue weighted by Gasteiger charge is 2.33. The Morgan fingerprint density at radius 1 is 1.15 bits per heavy atom. The van der Waals surface area contributed by atoms with Crippen molar-refractivity contribution in [2.75, 3.05) is 17.8 Å². The molecule has 1 amide bonds. The predicted molar refractivity (Wildman–Crippen MR) is 125 cm³/mol. The normalized spacial score (nSPS) is 15.4. The van der Waals surface area contributed by atoms with E-state index in [1.807, 2.05) is 18.2 Å². The van der Waals surface area contributed by atoms with Crippen LogP contribution in [-0.2, 0) is 21.2 Å². The number of pyridine rings is 1. The Bertz CT molecular complexity index is 1440. The topological polar surface area (TPSA) is 98.7 Å². The van der Waals surface area contributed by atoms with Crippen LogP contribution in [0.4, 0.5) is 5.13 Å². The van der Waals surface area contributed by atoms with Crippen LogP contribution in [0, 0.1) is 0 Å². The lowest BCUT2D eigenvalue weighted by atomic mass is 10.2. The largest absolute Gasteiger partial charge is 0.485 e. The van der Waals surface area contributed by atoms with Crippen LogP contribution >= 0.6 is 11.3 Å². The summed E-state index contributed by atoms with van der Waals surface area (Å²) >= 11 is 1.25. The summed E-state index contributed by atoms with van der Waals surface area (Å²) < 4.78 is 36.3. The molecule has 0 saturated carbocycles. The van der Waals surface area contributed by atoms with Crippen molar-refractivity contribution >= 4 is 42.4 Å². The number of benzene rings is 2. The fourth-order valence-corrected chi connectivity index (χ4v) is 5.20. The first-order valence-corrected chi connectivity index (χ1v) is 12.8. The van der Waals surface area contributed by atoms with E-state index in [-0.39, 0.29) is 24.0 Å². The molecule has 1 atom stereocenters. The molecule has 0 aliphatic carbocycles. The monoisotopic (exact) mass is 481 g/mol. The van der Waals surface area contributed by atoms with Gasteiger partial charge in [0, 0.05) is 18.6 Å². The highest BCUT2D eigenvalue weighted by Crippen LogP contribution is 2.34. The molecule has 10 heteroatoms. The molecule has 0 fully saturated rings. The molecule has 0 radical (unpaired) electrons. The number of carbonyl (C=O) groups excluding carboxylic acids is 1. The van der Waals surface area contributed by atoms with Crippen LogP contribution in [0.15, 0.2) is 71.9 Å². The van der Waals surface area contributed by atoms with Crippen molar-refractivity contribution in [2.45, 2.75) is 17.5 Å². The van der Waals surface area contributed by atoms with E-state index in [1.54, 1.807) is 42.7 Å². The molecule has 3 heterocycles. The zero-order valence-corrected chi connectivity index (χ0v) is 19.2. The van der Waals surface area contributed by atoms with Gasteiger partial charge in [-0.2, -0.15) is 0 Å². The Kier molecular flexibility index (Phi) is 5.47. The second kappa shape index (κ2) is 8.45. The van der Waals surface area contributed by atoms with Crippen LogP contribution in [0.2, 0.25) is 0 Å². The molecule has 33 heavy (non-hydrogen) atoms. The summed E-state index contributed by atoms with van der Waals surface area (Å²) in [5, 5.41) is 0.437. The third-order valence-corrected chi connectivity index (χ3v) is 7.27. The maximum absolute atomic E-state index is 13.6. The number of anilines is 1. The molecular formula is C23H19N3O5S2. The maximum Gasteiger partial charge on any atom is 0.273 e. The number of nitrogens with zero attached hydrogens (tertiary/aromatic N) is 3. The summed E-state index contributed by atoms with van der Waals surface area (Å²) in [6, 6.07) is 15.6. The Hall–Kier alpha value is -3.50.